The lowest BCUT2D eigenvalue weighted by Gasteiger charge is -2.06. The first kappa shape index (κ1) is 14.3. The number of benzene rings is 1. The van der Waals surface area contributed by atoms with Crippen LogP contribution >= 0.6 is 11.3 Å². The quantitative estimate of drug-likeness (QED) is 0.832. The van der Waals surface area contributed by atoms with Crippen LogP contribution in [0.5, 0.6) is 0 Å². The Morgan fingerprint density at radius 2 is 2.05 bits per heavy atom. The molecule has 0 atom stereocenters. The van der Waals surface area contributed by atoms with Gasteiger partial charge in [-0.2, -0.15) is 0 Å². The van der Waals surface area contributed by atoms with E-state index in [1.807, 2.05) is 0 Å². The van der Waals surface area contributed by atoms with Crippen LogP contribution in [0.1, 0.15) is 5.56 Å². The second-order valence-corrected chi connectivity index (χ2v) is 6.69. The predicted molar refractivity (Wildman–Crippen MR) is 78.2 cm³/mol. The van der Waals surface area contributed by atoms with Gasteiger partial charge in [0.15, 0.2) is 0 Å². The van der Waals surface area contributed by atoms with Crippen molar-refractivity contribution in [1.82, 2.24) is 0 Å². The second kappa shape index (κ2) is 5.89. The third kappa shape index (κ3) is 3.69. The van der Waals surface area contributed by atoms with Crippen LogP contribution in [0.3, 0.4) is 0 Å². The molecule has 1 aromatic carbocycles. The minimum absolute atomic E-state index is 0.226. The van der Waals surface area contributed by atoms with Crippen LogP contribution in [0.25, 0.3) is 6.08 Å². The monoisotopic (exact) mass is 309 g/mol. The summed E-state index contributed by atoms with van der Waals surface area (Å²) in [6.45, 7) is 0. The molecule has 0 unspecified atom stereocenters. The van der Waals surface area contributed by atoms with Crippen molar-refractivity contribution >= 4 is 39.1 Å². The third-order valence-corrected chi connectivity index (χ3v) is 5.10. The summed E-state index contributed by atoms with van der Waals surface area (Å²) >= 11 is 1.13. The summed E-state index contributed by atoms with van der Waals surface area (Å²) in [6.07, 6.45) is 2.39. The topological polar surface area (TPSA) is 83.5 Å². The number of carboxylic acid groups (broad SMARTS) is 1. The molecule has 0 amide bonds. The molecule has 7 heteroatoms. The van der Waals surface area contributed by atoms with Crippen molar-refractivity contribution in [2.75, 3.05) is 4.72 Å². The van der Waals surface area contributed by atoms with Gasteiger partial charge in [-0.05, 0) is 35.2 Å². The fourth-order valence-corrected chi connectivity index (χ4v) is 3.54. The van der Waals surface area contributed by atoms with E-state index in [4.69, 9.17) is 5.11 Å². The van der Waals surface area contributed by atoms with E-state index in [0.717, 1.165) is 17.4 Å². The van der Waals surface area contributed by atoms with Crippen LogP contribution in [0, 0.1) is 0 Å². The lowest BCUT2D eigenvalue weighted by Crippen LogP contribution is -2.11. The van der Waals surface area contributed by atoms with Gasteiger partial charge in [-0.1, -0.05) is 18.2 Å². The van der Waals surface area contributed by atoms with Gasteiger partial charge in [-0.3, -0.25) is 4.72 Å². The highest BCUT2D eigenvalue weighted by Crippen LogP contribution is 2.21. The molecule has 0 bridgehead atoms. The Morgan fingerprint density at radius 3 is 2.70 bits per heavy atom. The van der Waals surface area contributed by atoms with Crippen molar-refractivity contribution in [3.8, 4) is 0 Å². The lowest BCUT2D eigenvalue weighted by atomic mass is 10.2. The highest BCUT2D eigenvalue weighted by Gasteiger charge is 2.14. The summed E-state index contributed by atoms with van der Waals surface area (Å²) in [5.41, 5.74) is 0.977. The number of carbonyl (C=O) groups is 1. The summed E-state index contributed by atoms with van der Waals surface area (Å²) in [6, 6.07) is 9.66. The van der Waals surface area contributed by atoms with Crippen molar-refractivity contribution in [3.05, 3.63) is 53.4 Å². The van der Waals surface area contributed by atoms with Gasteiger partial charge in [0.25, 0.3) is 10.0 Å². The van der Waals surface area contributed by atoms with Crippen molar-refractivity contribution < 1.29 is 18.3 Å². The molecule has 2 rings (SSSR count). The normalized spacial score (nSPS) is 11.6. The van der Waals surface area contributed by atoms with Gasteiger partial charge >= 0.3 is 5.97 Å². The largest absolute Gasteiger partial charge is 0.478 e. The zero-order valence-electron chi connectivity index (χ0n) is 10.2. The van der Waals surface area contributed by atoms with E-state index in [1.54, 1.807) is 35.7 Å². The van der Waals surface area contributed by atoms with Crippen LogP contribution < -0.4 is 4.72 Å². The van der Waals surface area contributed by atoms with Gasteiger partial charge in [-0.15, -0.1) is 11.3 Å². The maximum absolute atomic E-state index is 12.0. The standard InChI is InChI=1S/C13H11NO4S2/c15-12(16)7-6-10-3-1-4-11(9-10)14-20(17,18)13-5-2-8-19-13/h1-9,14H,(H,15,16). The molecule has 0 radical (unpaired) electrons. The molecule has 0 aliphatic heterocycles. The summed E-state index contributed by atoms with van der Waals surface area (Å²) in [4.78, 5) is 10.4. The van der Waals surface area contributed by atoms with E-state index in [1.165, 1.54) is 12.1 Å². The molecule has 5 nitrogen and oxygen atoms in total. The van der Waals surface area contributed by atoms with Crippen molar-refractivity contribution in [1.29, 1.82) is 0 Å². The summed E-state index contributed by atoms with van der Waals surface area (Å²) in [5.74, 6) is -1.06. The minimum Gasteiger partial charge on any atom is -0.478 e. The number of carboxylic acids is 1. The Balaban J connectivity index is 2.22. The summed E-state index contributed by atoms with van der Waals surface area (Å²) in [5, 5.41) is 10.2. The van der Waals surface area contributed by atoms with E-state index in [2.05, 4.69) is 4.72 Å². The fraction of sp³-hybridized carbons (Fsp3) is 0. The Kier molecular flexibility index (Phi) is 4.21. The van der Waals surface area contributed by atoms with E-state index in [0.29, 0.717) is 11.3 Å². The van der Waals surface area contributed by atoms with Crippen molar-refractivity contribution in [2.24, 2.45) is 0 Å². The molecule has 0 aliphatic carbocycles. The molecule has 0 aliphatic rings. The molecule has 2 N–H and O–H groups in total. The molecule has 1 aromatic heterocycles. The second-order valence-electron chi connectivity index (χ2n) is 3.83. The average molecular weight is 309 g/mol. The number of hydrogen-bond donors (Lipinski definition) is 2. The Hall–Kier alpha value is -2.12. The maximum atomic E-state index is 12.0. The number of aliphatic carboxylic acids is 1. The zero-order valence-corrected chi connectivity index (χ0v) is 11.8. The molecular formula is C13H11NO4S2. The average Bonchev–Trinajstić information content (AvgIpc) is 2.91. The van der Waals surface area contributed by atoms with Gasteiger partial charge in [-0.25, -0.2) is 13.2 Å². The van der Waals surface area contributed by atoms with Crippen LogP contribution in [0.15, 0.2) is 52.1 Å². The lowest BCUT2D eigenvalue weighted by molar-refractivity contribution is -0.131. The highest BCUT2D eigenvalue weighted by atomic mass is 32.2. The fourth-order valence-electron chi connectivity index (χ4n) is 1.50. The smallest absolute Gasteiger partial charge is 0.328 e. The molecule has 20 heavy (non-hydrogen) atoms. The van der Waals surface area contributed by atoms with Gasteiger partial charge in [0.2, 0.25) is 0 Å². The van der Waals surface area contributed by atoms with Crippen LogP contribution in [-0.2, 0) is 14.8 Å². The first-order valence-electron chi connectivity index (χ1n) is 5.55. The summed E-state index contributed by atoms with van der Waals surface area (Å²) in [7, 11) is -3.59. The van der Waals surface area contributed by atoms with E-state index >= 15 is 0 Å². The number of anilines is 1. The molecule has 0 spiro atoms. The Labute approximate surface area is 120 Å². The first-order valence-corrected chi connectivity index (χ1v) is 7.91. The Bertz CT molecular complexity index is 733. The van der Waals surface area contributed by atoms with Crippen molar-refractivity contribution in [2.45, 2.75) is 4.21 Å². The van der Waals surface area contributed by atoms with Crippen LogP contribution in [-0.4, -0.2) is 19.5 Å². The SMILES string of the molecule is O=C(O)C=Cc1cccc(NS(=O)(=O)c2cccs2)c1. The van der Waals surface area contributed by atoms with Gasteiger partial charge in [0.1, 0.15) is 4.21 Å². The van der Waals surface area contributed by atoms with Gasteiger partial charge in [0, 0.05) is 11.8 Å². The zero-order chi connectivity index (χ0) is 14.6. The number of sulfonamides is 1. The van der Waals surface area contributed by atoms with E-state index in [9.17, 15) is 13.2 Å². The molecule has 104 valence electrons. The number of nitrogens with one attached hydrogen (secondary N) is 1. The maximum Gasteiger partial charge on any atom is 0.328 e. The third-order valence-electron chi connectivity index (χ3n) is 2.32. The Morgan fingerprint density at radius 1 is 1.25 bits per heavy atom. The molecule has 0 saturated carbocycles. The van der Waals surface area contributed by atoms with E-state index < -0.39 is 16.0 Å². The number of rotatable bonds is 5. The van der Waals surface area contributed by atoms with Gasteiger partial charge in [0.05, 0.1) is 0 Å². The molecular weight excluding hydrogens is 298 g/mol. The molecule has 0 saturated heterocycles. The summed E-state index contributed by atoms with van der Waals surface area (Å²) < 4.78 is 26.7. The molecule has 1 heterocycles. The molecule has 0 fully saturated rings. The predicted octanol–water partition coefficient (Wildman–Crippen LogP) is 2.65. The van der Waals surface area contributed by atoms with E-state index in [-0.39, 0.29) is 4.21 Å². The number of hydrogen-bond acceptors (Lipinski definition) is 4. The van der Waals surface area contributed by atoms with Crippen LogP contribution in [0.4, 0.5) is 5.69 Å². The van der Waals surface area contributed by atoms with Gasteiger partial charge < -0.3 is 5.11 Å². The minimum atomic E-state index is -3.59. The van der Waals surface area contributed by atoms with Crippen molar-refractivity contribution in [3.63, 3.8) is 0 Å². The highest BCUT2D eigenvalue weighted by molar-refractivity contribution is 7.94. The first-order chi connectivity index (χ1) is 9.47. The molecule has 2 aromatic rings. The van der Waals surface area contributed by atoms with Crippen LogP contribution in [0.2, 0.25) is 0 Å². The number of thiophene rings is 1.